The summed E-state index contributed by atoms with van der Waals surface area (Å²) in [7, 11) is 1.71. The van der Waals surface area contributed by atoms with Crippen LogP contribution in [0.5, 0.6) is 11.6 Å². The Labute approximate surface area is 208 Å². The third-order valence-electron chi connectivity index (χ3n) is 4.78. The van der Waals surface area contributed by atoms with Crippen LogP contribution in [0.2, 0.25) is 5.02 Å². The number of benzene rings is 2. The number of nitrogens with one attached hydrogen (secondary N) is 3. The second-order valence-electron chi connectivity index (χ2n) is 7.27. The van der Waals surface area contributed by atoms with Crippen molar-refractivity contribution in [2.45, 2.75) is 6.18 Å². The normalized spacial score (nSPS) is 11.0. The summed E-state index contributed by atoms with van der Waals surface area (Å²) in [5, 5.41) is 7.32. The van der Waals surface area contributed by atoms with Crippen molar-refractivity contribution in [1.82, 2.24) is 15.0 Å². The maximum atomic E-state index is 13.0. The van der Waals surface area contributed by atoms with Crippen molar-refractivity contribution in [1.29, 1.82) is 0 Å². The molecule has 4 rings (SSSR count). The van der Waals surface area contributed by atoms with Gasteiger partial charge in [-0.15, -0.1) is 0 Å². The number of urea groups is 1. The number of hydrogen-bond acceptors (Lipinski definition) is 6. The molecule has 2 aromatic heterocycles. The summed E-state index contributed by atoms with van der Waals surface area (Å²) in [6.45, 7) is 0. The maximum absolute atomic E-state index is 13.0. The Morgan fingerprint density at radius 1 is 0.944 bits per heavy atom. The first-order valence-corrected chi connectivity index (χ1v) is 10.8. The van der Waals surface area contributed by atoms with Gasteiger partial charge >= 0.3 is 12.2 Å². The average Bonchev–Trinajstić information content (AvgIpc) is 2.86. The summed E-state index contributed by atoms with van der Waals surface area (Å²) in [6, 6.07) is 14.0. The van der Waals surface area contributed by atoms with E-state index in [1.165, 1.54) is 6.07 Å². The summed E-state index contributed by atoms with van der Waals surface area (Å²) < 4.78 is 45.0. The number of anilines is 3. The number of carbonyl (C=O) groups is 1. The first-order valence-electron chi connectivity index (χ1n) is 10.4. The van der Waals surface area contributed by atoms with Crippen molar-refractivity contribution >= 4 is 35.0 Å². The summed E-state index contributed by atoms with van der Waals surface area (Å²) in [5.74, 6) is 1.21. The van der Waals surface area contributed by atoms with Crippen LogP contribution in [0.1, 0.15) is 5.56 Å². The minimum atomic E-state index is -4.64. The van der Waals surface area contributed by atoms with E-state index < -0.39 is 22.8 Å². The summed E-state index contributed by atoms with van der Waals surface area (Å²) in [5.41, 5.74) is 0.558. The quantitative estimate of drug-likeness (QED) is 0.265. The molecule has 8 nitrogen and oxygen atoms in total. The zero-order chi connectivity index (χ0) is 25.7. The second-order valence-corrected chi connectivity index (χ2v) is 7.68. The average molecular weight is 515 g/mol. The predicted molar refractivity (Wildman–Crippen MR) is 130 cm³/mol. The van der Waals surface area contributed by atoms with E-state index in [0.29, 0.717) is 34.5 Å². The van der Waals surface area contributed by atoms with Gasteiger partial charge in [-0.05, 0) is 60.7 Å². The number of hydrogen-bond donors (Lipinski definition) is 3. The molecular formula is C24H18ClF3N6O2. The lowest BCUT2D eigenvalue weighted by atomic mass is 10.2. The van der Waals surface area contributed by atoms with Crippen molar-refractivity contribution in [2.75, 3.05) is 23.0 Å². The Morgan fingerprint density at radius 2 is 1.67 bits per heavy atom. The Hall–Kier alpha value is -4.38. The minimum absolute atomic E-state index is 0.0574. The highest BCUT2D eigenvalue weighted by Gasteiger charge is 2.33. The van der Waals surface area contributed by atoms with Crippen molar-refractivity contribution < 1.29 is 22.7 Å². The van der Waals surface area contributed by atoms with Gasteiger partial charge in [-0.2, -0.15) is 13.2 Å². The van der Waals surface area contributed by atoms with E-state index in [1.54, 1.807) is 55.8 Å². The Morgan fingerprint density at radius 3 is 2.39 bits per heavy atom. The highest BCUT2D eigenvalue weighted by molar-refractivity contribution is 6.31. The molecule has 4 aromatic rings. The highest BCUT2D eigenvalue weighted by atomic mass is 35.5. The van der Waals surface area contributed by atoms with Crippen LogP contribution in [-0.4, -0.2) is 28.0 Å². The molecule has 0 bridgehead atoms. The van der Waals surface area contributed by atoms with Gasteiger partial charge in [0, 0.05) is 30.8 Å². The van der Waals surface area contributed by atoms with Gasteiger partial charge in [0.2, 0.25) is 11.8 Å². The predicted octanol–water partition coefficient (Wildman–Crippen LogP) is 6.69. The molecule has 184 valence electrons. The van der Waals surface area contributed by atoms with Crippen LogP contribution in [0.15, 0.2) is 73.1 Å². The van der Waals surface area contributed by atoms with Crippen LogP contribution >= 0.6 is 11.6 Å². The van der Waals surface area contributed by atoms with Gasteiger partial charge in [-0.3, -0.25) is 0 Å². The number of amides is 2. The van der Waals surface area contributed by atoms with Gasteiger partial charge in [0.05, 0.1) is 21.8 Å². The molecule has 0 aliphatic carbocycles. The van der Waals surface area contributed by atoms with E-state index in [1.807, 2.05) is 6.07 Å². The van der Waals surface area contributed by atoms with Crippen LogP contribution in [0, 0.1) is 0 Å². The zero-order valence-corrected chi connectivity index (χ0v) is 19.4. The van der Waals surface area contributed by atoms with Gasteiger partial charge < -0.3 is 20.7 Å². The van der Waals surface area contributed by atoms with Crippen LogP contribution in [0.4, 0.5) is 35.3 Å². The Bertz CT molecular complexity index is 1380. The summed E-state index contributed by atoms with van der Waals surface area (Å²) >= 11 is 5.60. The third-order valence-corrected chi connectivity index (χ3v) is 5.11. The first-order chi connectivity index (χ1) is 17.2. The van der Waals surface area contributed by atoms with E-state index in [2.05, 4.69) is 30.9 Å². The number of rotatable bonds is 6. The van der Waals surface area contributed by atoms with Crippen molar-refractivity contribution in [3.05, 3.63) is 83.6 Å². The smallest absolute Gasteiger partial charge is 0.417 e. The van der Waals surface area contributed by atoms with Crippen molar-refractivity contribution in [3.63, 3.8) is 0 Å². The Kier molecular flexibility index (Phi) is 7.20. The molecule has 12 heteroatoms. The lowest BCUT2D eigenvalue weighted by Gasteiger charge is -2.13. The van der Waals surface area contributed by atoms with Crippen molar-refractivity contribution in [3.8, 4) is 22.9 Å². The molecule has 2 heterocycles. The molecule has 0 atom stereocenters. The number of aromatic nitrogens is 3. The number of carbonyl (C=O) groups excluding carboxylic acids is 1. The monoisotopic (exact) mass is 514 g/mol. The molecule has 36 heavy (non-hydrogen) atoms. The molecular weight excluding hydrogens is 497 g/mol. The summed E-state index contributed by atoms with van der Waals surface area (Å²) in [6.07, 6.45) is -1.44. The molecule has 0 unspecified atom stereocenters. The fraction of sp³-hybridized carbons (Fsp3) is 0.0833. The molecule has 0 radical (unpaired) electrons. The lowest BCUT2D eigenvalue weighted by molar-refractivity contribution is -0.137. The highest BCUT2D eigenvalue weighted by Crippen LogP contribution is 2.36. The SMILES string of the molecule is CNc1nccc(-c2cccnc2Oc2ccc(NC(=O)Nc3ccc(Cl)c(C(F)(F)F)c3)cc2)n1. The van der Waals surface area contributed by atoms with Gasteiger partial charge in [-0.1, -0.05) is 11.6 Å². The fourth-order valence-electron chi connectivity index (χ4n) is 3.13. The number of nitrogens with zero attached hydrogens (tertiary/aromatic N) is 3. The molecule has 2 aromatic carbocycles. The molecule has 0 fully saturated rings. The molecule has 0 saturated heterocycles. The minimum Gasteiger partial charge on any atom is -0.438 e. The molecule has 0 spiro atoms. The van der Waals surface area contributed by atoms with E-state index in [-0.39, 0.29) is 5.69 Å². The van der Waals surface area contributed by atoms with Crippen LogP contribution in [0.3, 0.4) is 0 Å². The first kappa shape index (κ1) is 24.7. The van der Waals surface area contributed by atoms with Gasteiger partial charge in [-0.25, -0.2) is 19.7 Å². The number of pyridine rings is 1. The molecule has 3 N–H and O–H groups in total. The van der Waals surface area contributed by atoms with Gasteiger partial charge in [0.1, 0.15) is 5.75 Å². The number of halogens is 4. The number of ether oxygens (including phenoxy) is 1. The van der Waals surface area contributed by atoms with Gasteiger partial charge in [0.25, 0.3) is 0 Å². The molecule has 2 amide bonds. The largest absolute Gasteiger partial charge is 0.438 e. The second kappa shape index (κ2) is 10.5. The topological polar surface area (TPSA) is 101 Å². The van der Waals surface area contributed by atoms with Crippen molar-refractivity contribution in [2.24, 2.45) is 0 Å². The number of alkyl halides is 3. The molecule has 0 aliphatic rings. The molecule has 0 aliphatic heterocycles. The van der Waals surface area contributed by atoms with Gasteiger partial charge in [0.15, 0.2) is 0 Å². The third kappa shape index (κ3) is 5.99. The molecule has 0 saturated carbocycles. The summed E-state index contributed by atoms with van der Waals surface area (Å²) in [4.78, 5) is 25.0. The van der Waals surface area contributed by atoms with E-state index >= 15 is 0 Å². The van der Waals surface area contributed by atoms with Crippen LogP contribution in [-0.2, 0) is 6.18 Å². The van der Waals surface area contributed by atoms with Crippen LogP contribution in [0.25, 0.3) is 11.3 Å². The standard InChI is InChI=1S/C24H18ClF3N6O2/c1-29-22-31-12-10-20(34-22)17-3-2-11-30-21(17)36-16-7-4-14(5-8-16)32-23(35)33-15-6-9-19(25)18(13-15)24(26,27)28/h2-13H,1H3,(H,29,31,34)(H2,32,33,35). The van der Waals surface area contributed by atoms with E-state index in [9.17, 15) is 18.0 Å². The van der Waals surface area contributed by atoms with Crippen LogP contribution < -0.4 is 20.7 Å². The van der Waals surface area contributed by atoms with E-state index in [4.69, 9.17) is 16.3 Å². The lowest BCUT2D eigenvalue weighted by Crippen LogP contribution is -2.19. The Balaban J connectivity index is 1.43. The fourth-order valence-corrected chi connectivity index (χ4v) is 3.35. The maximum Gasteiger partial charge on any atom is 0.417 e. The zero-order valence-electron chi connectivity index (χ0n) is 18.6. The van der Waals surface area contributed by atoms with E-state index in [0.717, 1.165) is 12.1 Å².